The zero-order valence-electron chi connectivity index (χ0n) is 12.2. The molecule has 1 saturated carbocycles. The van der Waals surface area contributed by atoms with Gasteiger partial charge in [0, 0.05) is 18.2 Å². The van der Waals surface area contributed by atoms with Gasteiger partial charge in [-0.1, -0.05) is 38.5 Å². The van der Waals surface area contributed by atoms with Gasteiger partial charge >= 0.3 is 6.03 Å². The number of amides is 2. The molecule has 2 amide bonds. The molecule has 4 heteroatoms. The summed E-state index contributed by atoms with van der Waals surface area (Å²) in [4.78, 5) is 11.9. The maximum atomic E-state index is 11.9. The van der Waals surface area contributed by atoms with E-state index < -0.39 is 0 Å². The number of benzene rings is 1. The van der Waals surface area contributed by atoms with Crippen molar-refractivity contribution in [1.29, 1.82) is 0 Å². The Morgan fingerprint density at radius 3 is 2.75 bits per heavy atom. The summed E-state index contributed by atoms with van der Waals surface area (Å²) in [5, 5.41) is 15.5. The number of para-hydroxylation sites is 1. The molecular weight excluding hydrogens is 252 g/mol. The summed E-state index contributed by atoms with van der Waals surface area (Å²) in [6, 6.07) is 7.65. The topological polar surface area (TPSA) is 61.4 Å². The van der Waals surface area contributed by atoms with Crippen LogP contribution in [0.2, 0.25) is 0 Å². The summed E-state index contributed by atoms with van der Waals surface area (Å²) in [7, 11) is 0. The highest BCUT2D eigenvalue weighted by Gasteiger charge is 2.25. The molecule has 4 nitrogen and oxygen atoms in total. The average molecular weight is 276 g/mol. The molecule has 1 aromatic carbocycles. The maximum absolute atomic E-state index is 11.9. The Labute approximate surface area is 120 Å². The third kappa shape index (κ3) is 3.73. The zero-order valence-corrected chi connectivity index (χ0v) is 12.2. The molecule has 0 aromatic heterocycles. The second kappa shape index (κ2) is 6.75. The smallest absolute Gasteiger partial charge is 0.319 e. The van der Waals surface area contributed by atoms with Gasteiger partial charge in [-0.15, -0.1) is 0 Å². The molecule has 0 spiro atoms. The minimum atomic E-state index is -0.266. The highest BCUT2D eigenvalue weighted by atomic mass is 16.3. The molecule has 0 aliphatic heterocycles. The van der Waals surface area contributed by atoms with Crippen molar-refractivity contribution in [2.45, 2.75) is 45.1 Å². The lowest BCUT2D eigenvalue weighted by molar-refractivity contribution is 0.133. The molecule has 0 radical (unpaired) electrons. The van der Waals surface area contributed by atoms with Crippen molar-refractivity contribution >= 4 is 11.7 Å². The predicted octanol–water partition coefficient (Wildman–Crippen LogP) is 3.09. The van der Waals surface area contributed by atoms with Gasteiger partial charge in [-0.3, -0.25) is 0 Å². The summed E-state index contributed by atoms with van der Waals surface area (Å²) in [6.45, 7) is 4.75. The molecule has 0 bridgehead atoms. The van der Waals surface area contributed by atoms with Crippen LogP contribution < -0.4 is 10.6 Å². The van der Waals surface area contributed by atoms with Crippen molar-refractivity contribution in [1.82, 2.24) is 5.32 Å². The number of aliphatic hydroxyl groups excluding tert-OH is 1. The zero-order chi connectivity index (χ0) is 14.5. The van der Waals surface area contributed by atoms with E-state index in [0.29, 0.717) is 12.5 Å². The lowest BCUT2D eigenvalue weighted by Crippen LogP contribution is -2.35. The van der Waals surface area contributed by atoms with Crippen molar-refractivity contribution < 1.29 is 9.90 Å². The normalized spacial score (nSPS) is 22.0. The van der Waals surface area contributed by atoms with Gasteiger partial charge in [-0.2, -0.15) is 0 Å². The maximum Gasteiger partial charge on any atom is 0.319 e. The van der Waals surface area contributed by atoms with Crippen molar-refractivity contribution in [3.8, 4) is 0 Å². The number of nitrogens with one attached hydrogen (secondary N) is 2. The summed E-state index contributed by atoms with van der Waals surface area (Å²) in [6.07, 6.45) is 2.62. The van der Waals surface area contributed by atoms with Gasteiger partial charge in [0.1, 0.15) is 0 Å². The van der Waals surface area contributed by atoms with E-state index in [1.165, 1.54) is 0 Å². The Morgan fingerprint density at radius 1 is 1.35 bits per heavy atom. The predicted molar refractivity (Wildman–Crippen MR) is 80.9 cm³/mol. The van der Waals surface area contributed by atoms with Gasteiger partial charge in [0.15, 0.2) is 0 Å². The van der Waals surface area contributed by atoms with Gasteiger partial charge in [0.25, 0.3) is 0 Å². The fourth-order valence-electron chi connectivity index (χ4n) is 2.76. The third-order valence-electron chi connectivity index (χ3n) is 3.97. The number of carbonyl (C=O) groups is 1. The Morgan fingerprint density at radius 2 is 2.10 bits per heavy atom. The van der Waals surface area contributed by atoms with E-state index in [4.69, 9.17) is 0 Å². The summed E-state index contributed by atoms with van der Waals surface area (Å²) >= 11 is 0. The third-order valence-corrected chi connectivity index (χ3v) is 3.97. The Kier molecular flexibility index (Phi) is 5.01. The van der Waals surface area contributed by atoms with Gasteiger partial charge in [-0.05, 0) is 30.4 Å². The largest absolute Gasteiger partial charge is 0.393 e. The molecule has 1 aromatic rings. The number of urea groups is 1. The van der Waals surface area contributed by atoms with Crippen LogP contribution in [0.25, 0.3) is 0 Å². The Hall–Kier alpha value is -1.55. The van der Waals surface area contributed by atoms with E-state index in [2.05, 4.69) is 24.5 Å². The van der Waals surface area contributed by atoms with E-state index in [-0.39, 0.29) is 18.1 Å². The van der Waals surface area contributed by atoms with Crippen molar-refractivity contribution in [3.05, 3.63) is 29.8 Å². The molecule has 1 aliphatic carbocycles. The first-order chi connectivity index (χ1) is 9.58. The van der Waals surface area contributed by atoms with Gasteiger partial charge in [0.05, 0.1) is 6.10 Å². The van der Waals surface area contributed by atoms with Crippen molar-refractivity contribution in [3.63, 3.8) is 0 Å². The van der Waals surface area contributed by atoms with Crippen LogP contribution in [0.3, 0.4) is 0 Å². The number of anilines is 1. The molecule has 0 heterocycles. The number of rotatable bonds is 4. The average Bonchev–Trinajstić information content (AvgIpc) is 2.82. The fourth-order valence-corrected chi connectivity index (χ4v) is 2.76. The first kappa shape index (κ1) is 14.9. The van der Waals surface area contributed by atoms with E-state index in [1.807, 2.05) is 24.3 Å². The first-order valence-corrected chi connectivity index (χ1v) is 7.39. The van der Waals surface area contributed by atoms with Crippen molar-refractivity contribution in [2.24, 2.45) is 5.92 Å². The standard InChI is InChI=1S/C16H24N2O2/c1-11(2)13-7-3-4-8-14(13)18-16(20)17-10-12-6-5-9-15(12)19/h3-4,7-8,11-12,15,19H,5-6,9-10H2,1-2H3,(H2,17,18,20). The van der Waals surface area contributed by atoms with E-state index >= 15 is 0 Å². The lowest BCUT2D eigenvalue weighted by Gasteiger charge is -2.17. The Balaban J connectivity index is 1.88. The second-order valence-corrected chi connectivity index (χ2v) is 5.84. The van der Waals surface area contributed by atoms with E-state index in [0.717, 1.165) is 30.5 Å². The molecule has 20 heavy (non-hydrogen) atoms. The number of carbonyl (C=O) groups excluding carboxylic acids is 1. The fraction of sp³-hybridized carbons (Fsp3) is 0.562. The summed E-state index contributed by atoms with van der Waals surface area (Å²) < 4.78 is 0. The lowest BCUT2D eigenvalue weighted by atomic mass is 10.0. The Bertz CT molecular complexity index is 460. The van der Waals surface area contributed by atoms with Gasteiger partial charge in [0.2, 0.25) is 0 Å². The minimum Gasteiger partial charge on any atom is -0.393 e. The summed E-state index contributed by atoms with van der Waals surface area (Å²) in [5.74, 6) is 0.559. The van der Waals surface area contributed by atoms with Crippen LogP contribution in [0, 0.1) is 5.92 Å². The summed E-state index contributed by atoms with van der Waals surface area (Å²) in [5.41, 5.74) is 1.98. The number of hydrogen-bond acceptors (Lipinski definition) is 2. The molecule has 0 saturated heterocycles. The number of hydrogen-bond donors (Lipinski definition) is 3. The van der Waals surface area contributed by atoms with Crippen LogP contribution >= 0.6 is 0 Å². The first-order valence-electron chi connectivity index (χ1n) is 7.39. The van der Waals surface area contributed by atoms with Crippen LogP contribution in [-0.2, 0) is 0 Å². The quantitative estimate of drug-likeness (QED) is 0.791. The highest BCUT2D eigenvalue weighted by molar-refractivity contribution is 5.90. The van der Waals surface area contributed by atoms with Gasteiger partial charge in [-0.25, -0.2) is 4.79 Å². The molecule has 2 atom stereocenters. The molecule has 2 rings (SSSR count). The second-order valence-electron chi connectivity index (χ2n) is 5.84. The van der Waals surface area contributed by atoms with Crippen LogP contribution in [-0.4, -0.2) is 23.8 Å². The van der Waals surface area contributed by atoms with Crippen LogP contribution in [0.1, 0.15) is 44.6 Å². The molecule has 1 fully saturated rings. The monoisotopic (exact) mass is 276 g/mol. The minimum absolute atomic E-state index is 0.195. The molecular formula is C16H24N2O2. The molecule has 3 N–H and O–H groups in total. The highest BCUT2D eigenvalue weighted by Crippen LogP contribution is 2.25. The van der Waals surface area contributed by atoms with Crippen LogP contribution in [0.4, 0.5) is 10.5 Å². The van der Waals surface area contributed by atoms with Crippen LogP contribution in [0.5, 0.6) is 0 Å². The van der Waals surface area contributed by atoms with Gasteiger partial charge < -0.3 is 15.7 Å². The molecule has 1 aliphatic rings. The van der Waals surface area contributed by atoms with E-state index in [1.54, 1.807) is 0 Å². The molecule has 110 valence electrons. The van der Waals surface area contributed by atoms with E-state index in [9.17, 15) is 9.90 Å². The SMILES string of the molecule is CC(C)c1ccccc1NC(=O)NCC1CCCC1O. The van der Waals surface area contributed by atoms with Crippen molar-refractivity contribution in [2.75, 3.05) is 11.9 Å². The number of aliphatic hydroxyl groups is 1. The van der Waals surface area contributed by atoms with Crippen LogP contribution in [0.15, 0.2) is 24.3 Å². The molecule has 2 unspecified atom stereocenters.